The summed E-state index contributed by atoms with van der Waals surface area (Å²) in [5, 5.41) is 3.87. The maximum absolute atomic E-state index is 12.6. The van der Waals surface area contributed by atoms with Gasteiger partial charge >= 0.3 is 0 Å². The molecular formula is C15H21N4OS2+. The number of nitrogens with zero attached hydrogens (tertiary/aromatic N) is 3. The Balaban J connectivity index is 1.65. The van der Waals surface area contributed by atoms with Crippen molar-refractivity contribution in [2.45, 2.75) is 24.1 Å². The van der Waals surface area contributed by atoms with Crippen LogP contribution < -0.4 is 4.90 Å². The topological polar surface area (TPSA) is 50.5 Å². The van der Waals surface area contributed by atoms with Crippen LogP contribution in [0.25, 0.3) is 10.2 Å². The normalized spacial score (nSPS) is 17.8. The molecule has 3 heterocycles. The number of hydrogen-bond donors (Lipinski definition) is 1. The van der Waals surface area contributed by atoms with Gasteiger partial charge in [-0.05, 0) is 25.3 Å². The van der Waals surface area contributed by atoms with E-state index < -0.39 is 0 Å². The summed E-state index contributed by atoms with van der Waals surface area (Å²) in [5.41, 5.74) is 0. The van der Waals surface area contributed by atoms with Crippen LogP contribution in [0.5, 0.6) is 0 Å². The van der Waals surface area contributed by atoms with Gasteiger partial charge in [0.05, 0.1) is 38.0 Å². The predicted molar refractivity (Wildman–Crippen MR) is 90.6 cm³/mol. The third kappa shape index (κ3) is 3.26. The monoisotopic (exact) mass is 337 g/mol. The van der Waals surface area contributed by atoms with Gasteiger partial charge in [-0.3, -0.25) is 4.79 Å². The largest absolute Gasteiger partial charge is 0.332 e. The second-order valence-electron chi connectivity index (χ2n) is 5.51. The van der Waals surface area contributed by atoms with Gasteiger partial charge in [0.15, 0.2) is 0 Å². The third-order valence-electron chi connectivity index (χ3n) is 4.14. The number of rotatable bonds is 4. The van der Waals surface area contributed by atoms with Crippen LogP contribution in [0.2, 0.25) is 0 Å². The highest BCUT2D eigenvalue weighted by Gasteiger charge is 2.27. The van der Waals surface area contributed by atoms with Crippen LogP contribution in [-0.2, 0) is 4.79 Å². The average Bonchev–Trinajstić information content (AvgIpc) is 3.04. The number of nitrogens with one attached hydrogen (secondary N) is 1. The fourth-order valence-electron chi connectivity index (χ4n) is 2.73. The molecule has 0 saturated carbocycles. The van der Waals surface area contributed by atoms with Crippen molar-refractivity contribution in [1.29, 1.82) is 0 Å². The van der Waals surface area contributed by atoms with E-state index >= 15 is 0 Å². The number of carbonyl (C=O) groups is 1. The lowest BCUT2D eigenvalue weighted by Gasteiger charge is -2.32. The molecule has 1 fully saturated rings. The smallest absolute Gasteiger partial charge is 0.236 e. The molecule has 1 amide bonds. The maximum atomic E-state index is 12.6. The lowest BCUT2D eigenvalue weighted by Crippen LogP contribution is -3.14. The summed E-state index contributed by atoms with van der Waals surface area (Å²) in [4.78, 5) is 25.8. The molecule has 118 valence electrons. The highest BCUT2D eigenvalue weighted by atomic mass is 32.2. The molecule has 2 aromatic rings. The number of quaternary nitrogens is 1. The minimum atomic E-state index is -0.110. The molecule has 0 unspecified atom stereocenters. The van der Waals surface area contributed by atoms with Crippen molar-refractivity contribution >= 4 is 39.2 Å². The first-order valence-corrected chi connectivity index (χ1v) is 9.42. The molecule has 0 aromatic carbocycles. The first kappa shape index (κ1) is 15.7. The first-order chi connectivity index (χ1) is 10.7. The molecule has 22 heavy (non-hydrogen) atoms. The summed E-state index contributed by atoms with van der Waals surface area (Å²) >= 11 is 3.15. The number of likely N-dealkylation sites (N-methyl/N-ethyl adjacent to an activating group) is 1. The zero-order valence-electron chi connectivity index (χ0n) is 12.9. The highest BCUT2D eigenvalue weighted by Crippen LogP contribution is 2.30. The van der Waals surface area contributed by atoms with Gasteiger partial charge in [-0.15, -0.1) is 11.3 Å². The zero-order valence-corrected chi connectivity index (χ0v) is 14.5. The molecule has 0 bridgehead atoms. The van der Waals surface area contributed by atoms with E-state index in [1.54, 1.807) is 34.3 Å². The highest BCUT2D eigenvalue weighted by molar-refractivity contribution is 8.00. The van der Waals surface area contributed by atoms with Gasteiger partial charge in [0.25, 0.3) is 0 Å². The summed E-state index contributed by atoms with van der Waals surface area (Å²) in [7, 11) is 0. The minimum Gasteiger partial charge on any atom is -0.332 e. The molecule has 3 rings (SSSR count). The van der Waals surface area contributed by atoms with Crippen LogP contribution >= 0.6 is 23.1 Å². The van der Waals surface area contributed by atoms with Gasteiger partial charge < -0.3 is 9.80 Å². The van der Waals surface area contributed by atoms with E-state index in [0.717, 1.165) is 48.0 Å². The summed E-state index contributed by atoms with van der Waals surface area (Å²) in [5.74, 6) is 0.224. The van der Waals surface area contributed by atoms with Crippen molar-refractivity contribution in [3.05, 3.63) is 17.8 Å². The van der Waals surface area contributed by atoms with Crippen molar-refractivity contribution in [1.82, 2.24) is 14.9 Å². The molecule has 0 radical (unpaired) electrons. The Hall–Kier alpha value is -1.18. The number of thiophene rings is 1. The molecule has 0 spiro atoms. The number of hydrogen-bond acceptors (Lipinski definition) is 5. The van der Waals surface area contributed by atoms with Gasteiger partial charge in [0.1, 0.15) is 16.2 Å². The third-order valence-corrected chi connectivity index (χ3v) is 6.07. The van der Waals surface area contributed by atoms with Crippen LogP contribution in [0.1, 0.15) is 13.8 Å². The lowest BCUT2D eigenvalue weighted by atomic mass is 10.3. The van der Waals surface area contributed by atoms with Crippen LogP contribution in [0, 0.1) is 0 Å². The Bertz CT molecular complexity index is 652. The van der Waals surface area contributed by atoms with E-state index in [0.29, 0.717) is 0 Å². The molecule has 1 aliphatic heterocycles. The second kappa shape index (κ2) is 6.93. The molecular weight excluding hydrogens is 316 g/mol. The molecule has 1 aliphatic rings. The van der Waals surface area contributed by atoms with Crippen LogP contribution in [0.15, 0.2) is 22.8 Å². The Morgan fingerprint density at radius 1 is 1.45 bits per heavy atom. The van der Waals surface area contributed by atoms with Crippen molar-refractivity contribution in [3.63, 3.8) is 0 Å². The van der Waals surface area contributed by atoms with Crippen molar-refractivity contribution < 1.29 is 9.69 Å². The molecule has 1 N–H and O–H groups in total. The number of amides is 1. The van der Waals surface area contributed by atoms with Crippen LogP contribution in [0.4, 0.5) is 0 Å². The number of thioether (sulfide) groups is 1. The predicted octanol–water partition coefficient (Wildman–Crippen LogP) is 0.919. The molecule has 5 nitrogen and oxygen atoms in total. The summed E-state index contributed by atoms with van der Waals surface area (Å²) < 4.78 is 0. The molecule has 2 aromatic heterocycles. The van der Waals surface area contributed by atoms with Gasteiger partial charge in [-0.25, -0.2) is 9.97 Å². The minimum absolute atomic E-state index is 0.110. The molecule has 0 aliphatic carbocycles. The summed E-state index contributed by atoms with van der Waals surface area (Å²) in [6.07, 6.45) is 1.59. The van der Waals surface area contributed by atoms with Crippen LogP contribution in [-0.4, -0.2) is 58.7 Å². The molecule has 1 saturated heterocycles. The van der Waals surface area contributed by atoms with Crippen molar-refractivity contribution in [2.24, 2.45) is 0 Å². The molecule has 7 heteroatoms. The Morgan fingerprint density at radius 3 is 2.95 bits per heavy atom. The van der Waals surface area contributed by atoms with Crippen LogP contribution in [0.3, 0.4) is 0 Å². The second-order valence-corrected chi connectivity index (χ2v) is 7.73. The van der Waals surface area contributed by atoms with Gasteiger partial charge in [0, 0.05) is 5.39 Å². The Morgan fingerprint density at radius 2 is 2.23 bits per heavy atom. The number of carbonyl (C=O) groups excluding carboxylic acids is 1. The van der Waals surface area contributed by atoms with Gasteiger partial charge in [-0.1, -0.05) is 11.8 Å². The van der Waals surface area contributed by atoms with E-state index in [4.69, 9.17) is 0 Å². The van der Waals surface area contributed by atoms with E-state index in [1.165, 1.54) is 0 Å². The van der Waals surface area contributed by atoms with E-state index in [2.05, 4.69) is 16.9 Å². The standard InChI is InChI=1S/C15H20N4OS2/c1-3-18-5-7-19(8-6-18)15(20)11(2)22-14-12-4-9-21-13(12)16-10-17-14/h4,9-11H,3,5-8H2,1-2H3/p+1/t11-/m1/s1. The number of aromatic nitrogens is 2. The average molecular weight is 337 g/mol. The Labute approximate surface area is 138 Å². The fraction of sp³-hybridized carbons (Fsp3) is 0.533. The maximum Gasteiger partial charge on any atom is 0.236 e. The van der Waals surface area contributed by atoms with E-state index in [1.807, 2.05) is 23.3 Å². The van der Waals surface area contributed by atoms with Crippen molar-refractivity contribution in [3.8, 4) is 0 Å². The fourth-order valence-corrected chi connectivity index (χ4v) is 4.51. The SMILES string of the molecule is CC[NH+]1CCN(C(=O)[C@@H](C)Sc2ncnc3sccc23)CC1. The molecule has 1 atom stereocenters. The lowest BCUT2D eigenvalue weighted by molar-refractivity contribution is -0.902. The quantitative estimate of drug-likeness (QED) is 0.666. The van der Waals surface area contributed by atoms with E-state index in [9.17, 15) is 4.79 Å². The number of fused-ring (bicyclic) bond motifs is 1. The first-order valence-electron chi connectivity index (χ1n) is 7.66. The zero-order chi connectivity index (χ0) is 15.5. The number of piperazine rings is 1. The van der Waals surface area contributed by atoms with Gasteiger partial charge in [0.2, 0.25) is 5.91 Å². The summed E-state index contributed by atoms with van der Waals surface area (Å²) in [6.45, 7) is 9.17. The van der Waals surface area contributed by atoms with E-state index in [-0.39, 0.29) is 11.2 Å². The Kier molecular flexibility index (Phi) is 4.95. The summed E-state index contributed by atoms with van der Waals surface area (Å²) in [6, 6.07) is 2.03. The van der Waals surface area contributed by atoms with Crippen molar-refractivity contribution in [2.75, 3.05) is 32.7 Å². The van der Waals surface area contributed by atoms with Gasteiger partial charge in [-0.2, -0.15) is 0 Å².